The monoisotopic (exact) mass is 194 g/mol. The normalized spacial score (nSPS) is 22.4. The molecule has 1 saturated heterocycles. The maximum Gasteiger partial charge on any atom is 0.221 e. The molecule has 5 heteroatoms. The maximum atomic E-state index is 11.4. The van der Waals surface area contributed by atoms with E-state index >= 15 is 0 Å². The number of nitrogens with one attached hydrogen (secondary N) is 1. The van der Waals surface area contributed by atoms with Crippen molar-refractivity contribution in [3.63, 3.8) is 0 Å². The molecule has 1 amide bonds. The van der Waals surface area contributed by atoms with Crippen LogP contribution in [-0.2, 0) is 4.79 Å². The van der Waals surface area contributed by atoms with Crippen molar-refractivity contribution < 1.29 is 4.79 Å². The summed E-state index contributed by atoms with van der Waals surface area (Å²) in [6.07, 6.45) is 3.64. The summed E-state index contributed by atoms with van der Waals surface area (Å²) in [5.74, 6) is 0.104. The van der Waals surface area contributed by atoms with Crippen LogP contribution >= 0.6 is 0 Å². The van der Waals surface area contributed by atoms with Gasteiger partial charge in [0, 0.05) is 39.0 Å². The van der Waals surface area contributed by atoms with Gasteiger partial charge in [-0.15, -0.1) is 0 Å². The molecule has 0 aromatic carbocycles. The van der Waals surface area contributed by atoms with Crippen molar-refractivity contribution in [2.24, 2.45) is 0 Å². The molecule has 1 fully saturated rings. The molecule has 0 radical (unpaired) electrons. The molecule has 0 bridgehead atoms. The largest absolute Gasteiger partial charge is 0.318 e. The zero-order valence-electron chi connectivity index (χ0n) is 8.18. The standard InChI is InChI=1S/C9H14N4O/c1-8(14)12-6-4-10-7-9(12)13-5-2-3-11-13/h2-3,5,9-10H,4,6-7H2,1H3. The van der Waals surface area contributed by atoms with Gasteiger partial charge in [-0.3, -0.25) is 4.79 Å². The van der Waals surface area contributed by atoms with Crippen molar-refractivity contribution in [3.05, 3.63) is 18.5 Å². The van der Waals surface area contributed by atoms with Crippen LogP contribution in [0.1, 0.15) is 13.1 Å². The Bertz CT molecular complexity index is 309. The molecule has 1 aromatic heterocycles. The zero-order valence-corrected chi connectivity index (χ0v) is 8.18. The molecule has 1 aliphatic heterocycles. The van der Waals surface area contributed by atoms with Gasteiger partial charge in [-0.2, -0.15) is 5.10 Å². The first-order valence-corrected chi connectivity index (χ1v) is 4.76. The summed E-state index contributed by atoms with van der Waals surface area (Å²) in [4.78, 5) is 13.2. The topological polar surface area (TPSA) is 50.2 Å². The Balaban J connectivity index is 2.18. The molecule has 2 rings (SSSR count). The Labute approximate surface area is 82.7 Å². The van der Waals surface area contributed by atoms with Crippen LogP contribution in [0.5, 0.6) is 0 Å². The molecule has 1 atom stereocenters. The van der Waals surface area contributed by atoms with E-state index in [-0.39, 0.29) is 12.1 Å². The Hall–Kier alpha value is -1.36. The smallest absolute Gasteiger partial charge is 0.221 e. The molecule has 14 heavy (non-hydrogen) atoms. The second-order valence-electron chi connectivity index (χ2n) is 3.38. The Morgan fingerprint density at radius 1 is 1.64 bits per heavy atom. The van der Waals surface area contributed by atoms with Gasteiger partial charge in [0.25, 0.3) is 0 Å². The highest BCUT2D eigenvalue weighted by Crippen LogP contribution is 2.13. The van der Waals surface area contributed by atoms with Crippen molar-refractivity contribution >= 4 is 5.91 Å². The lowest BCUT2D eigenvalue weighted by atomic mass is 10.3. The maximum absolute atomic E-state index is 11.4. The van der Waals surface area contributed by atoms with Crippen LogP contribution in [-0.4, -0.2) is 40.2 Å². The van der Waals surface area contributed by atoms with Crippen molar-refractivity contribution in [3.8, 4) is 0 Å². The van der Waals surface area contributed by atoms with Gasteiger partial charge in [0.05, 0.1) is 0 Å². The number of carbonyl (C=O) groups is 1. The minimum Gasteiger partial charge on any atom is -0.318 e. The SMILES string of the molecule is CC(=O)N1CCNCC1n1cccn1. The fraction of sp³-hybridized carbons (Fsp3) is 0.556. The molecular formula is C9H14N4O. The average Bonchev–Trinajstić information content (AvgIpc) is 2.70. The average molecular weight is 194 g/mol. The van der Waals surface area contributed by atoms with Crippen LogP contribution in [0.4, 0.5) is 0 Å². The molecule has 0 aliphatic carbocycles. The summed E-state index contributed by atoms with van der Waals surface area (Å²) in [6, 6.07) is 1.87. The lowest BCUT2D eigenvalue weighted by Crippen LogP contribution is -2.50. The van der Waals surface area contributed by atoms with Crippen LogP contribution in [0.3, 0.4) is 0 Å². The van der Waals surface area contributed by atoms with Crippen molar-refractivity contribution in [1.29, 1.82) is 0 Å². The summed E-state index contributed by atoms with van der Waals surface area (Å²) < 4.78 is 1.81. The number of nitrogens with zero attached hydrogens (tertiary/aromatic N) is 3. The fourth-order valence-corrected chi connectivity index (χ4v) is 1.75. The van der Waals surface area contributed by atoms with Gasteiger partial charge >= 0.3 is 0 Å². The molecule has 1 aromatic rings. The fourth-order valence-electron chi connectivity index (χ4n) is 1.75. The highest BCUT2D eigenvalue weighted by molar-refractivity contribution is 5.73. The van der Waals surface area contributed by atoms with E-state index in [1.54, 1.807) is 13.1 Å². The van der Waals surface area contributed by atoms with E-state index in [2.05, 4.69) is 10.4 Å². The van der Waals surface area contributed by atoms with Gasteiger partial charge in [0.15, 0.2) is 0 Å². The molecule has 0 saturated carbocycles. The lowest BCUT2D eigenvalue weighted by molar-refractivity contribution is -0.134. The van der Waals surface area contributed by atoms with Crippen LogP contribution in [0.15, 0.2) is 18.5 Å². The second-order valence-corrected chi connectivity index (χ2v) is 3.38. The predicted molar refractivity (Wildman–Crippen MR) is 51.5 cm³/mol. The van der Waals surface area contributed by atoms with Crippen molar-refractivity contribution in [2.45, 2.75) is 13.1 Å². The Morgan fingerprint density at radius 2 is 2.50 bits per heavy atom. The quantitative estimate of drug-likeness (QED) is 0.675. The molecule has 5 nitrogen and oxygen atoms in total. The molecule has 0 spiro atoms. The van der Waals surface area contributed by atoms with Crippen molar-refractivity contribution in [2.75, 3.05) is 19.6 Å². The second kappa shape index (κ2) is 3.79. The van der Waals surface area contributed by atoms with E-state index in [0.717, 1.165) is 19.6 Å². The van der Waals surface area contributed by atoms with E-state index < -0.39 is 0 Å². The summed E-state index contributed by atoms with van der Waals surface area (Å²) in [7, 11) is 0. The highest BCUT2D eigenvalue weighted by Gasteiger charge is 2.25. The molecule has 1 aliphatic rings. The van der Waals surface area contributed by atoms with E-state index in [9.17, 15) is 4.79 Å². The lowest BCUT2D eigenvalue weighted by Gasteiger charge is -2.35. The third kappa shape index (κ3) is 1.63. The first-order chi connectivity index (χ1) is 6.79. The number of aromatic nitrogens is 2. The van der Waals surface area contributed by atoms with Crippen LogP contribution < -0.4 is 5.32 Å². The minimum absolute atomic E-state index is 0.0243. The zero-order chi connectivity index (χ0) is 9.97. The summed E-state index contributed by atoms with van der Waals surface area (Å²) in [6.45, 7) is 3.97. The summed E-state index contributed by atoms with van der Waals surface area (Å²) in [5.41, 5.74) is 0. The third-order valence-electron chi connectivity index (χ3n) is 2.45. The Morgan fingerprint density at radius 3 is 3.14 bits per heavy atom. The number of piperazine rings is 1. The molecule has 1 N–H and O–H groups in total. The number of amides is 1. The van der Waals surface area contributed by atoms with E-state index in [4.69, 9.17) is 0 Å². The summed E-state index contributed by atoms with van der Waals surface area (Å²) in [5, 5.41) is 7.41. The predicted octanol–water partition coefficient (Wildman–Crippen LogP) is -0.167. The Kier molecular flexibility index (Phi) is 2.49. The van der Waals surface area contributed by atoms with Gasteiger partial charge in [0.2, 0.25) is 5.91 Å². The van der Waals surface area contributed by atoms with Gasteiger partial charge in [0.1, 0.15) is 6.17 Å². The molecule has 1 unspecified atom stereocenters. The number of hydrogen-bond acceptors (Lipinski definition) is 3. The molecule has 2 heterocycles. The van der Waals surface area contributed by atoms with Gasteiger partial charge in [-0.05, 0) is 6.07 Å². The minimum atomic E-state index is 0.0243. The number of hydrogen-bond donors (Lipinski definition) is 1. The van der Waals surface area contributed by atoms with Gasteiger partial charge < -0.3 is 10.2 Å². The van der Waals surface area contributed by atoms with Crippen LogP contribution in [0.2, 0.25) is 0 Å². The van der Waals surface area contributed by atoms with Gasteiger partial charge in [-0.25, -0.2) is 4.68 Å². The third-order valence-corrected chi connectivity index (χ3v) is 2.45. The van der Waals surface area contributed by atoms with Crippen molar-refractivity contribution in [1.82, 2.24) is 20.0 Å². The van der Waals surface area contributed by atoms with Gasteiger partial charge in [-0.1, -0.05) is 0 Å². The molecular weight excluding hydrogens is 180 g/mol. The summed E-state index contributed by atoms with van der Waals surface area (Å²) >= 11 is 0. The van der Waals surface area contributed by atoms with E-state index in [1.807, 2.05) is 21.8 Å². The van der Waals surface area contributed by atoms with Crippen LogP contribution in [0, 0.1) is 0 Å². The number of rotatable bonds is 1. The molecule has 76 valence electrons. The van der Waals surface area contributed by atoms with E-state index in [1.165, 1.54) is 0 Å². The first-order valence-electron chi connectivity index (χ1n) is 4.76. The number of carbonyl (C=O) groups excluding carboxylic acids is 1. The first kappa shape index (κ1) is 9.21. The highest BCUT2D eigenvalue weighted by atomic mass is 16.2. The van der Waals surface area contributed by atoms with E-state index in [0.29, 0.717) is 0 Å². The van der Waals surface area contributed by atoms with Crippen LogP contribution in [0.25, 0.3) is 0 Å².